The molecule has 2 N–H and O–H groups in total. The lowest BCUT2D eigenvalue weighted by atomic mass is 10.2. The van der Waals surface area contributed by atoms with Gasteiger partial charge in [0.25, 0.3) is 0 Å². The van der Waals surface area contributed by atoms with E-state index in [0.717, 1.165) is 5.56 Å². The van der Waals surface area contributed by atoms with Crippen LogP contribution < -0.4 is 15.5 Å². The summed E-state index contributed by atoms with van der Waals surface area (Å²) in [6, 6.07) is 5.36. The molecule has 6 heteroatoms. The largest absolute Gasteiger partial charge is 0.383 e. The summed E-state index contributed by atoms with van der Waals surface area (Å²) in [6.07, 6.45) is 0. The molecule has 0 radical (unpaired) electrons. The fraction of sp³-hybridized carbons (Fsp3) is 0.533. The van der Waals surface area contributed by atoms with E-state index in [0.29, 0.717) is 24.8 Å². The van der Waals surface area contributed by atoms with E-state index in [1.807, 2.05) is 27.1 Å². The number of rotatable bonds is 6. The zero-order chi connectivity index (χ0) is 15.8. The molecule has 0 aliphatic heterocycles. The highest BCUT2D eigenvalue weighted by atomic mass is 19.1. The molecule has 0 aliphatic carbocycles. The van der Waals surface area contributed by atoms with Crippen molar-refractivity contribution < 1.29 is 9.13 Å². The second-order valence-corrected chi connectivity index (χ2v) is 5.11. The molecular formula is C15H25FN4O. The van der Waals surface area contributed by atoms with Crippen LogP contribution in [0.1, 0.15) is 12.5 Å². The number of guanidine groups is 1. The molecule has 0 spiro atoms. The van der Waals surface area contributed by atoms with Gasteiger partial charge < -0.3 is 20.3 Å². The third kappa shape index (κ3) is 5.59. The molecule has 0 fully saturated rings. The monoisotopic (exact) mass is 296 g/mol. The van der Waals surface area contributed by atoms with Crippen LogP contribution >= 0.6 is 0 Å². The van der Waals surface area contributed by atoms with Gasteiger partial charge in [-0.3, -0.25) is 4.99 Å². The summed E-state index contributed by atoms with van der Waals surface area (Å²) in [5.41, 5.74) is 1.44. The van der Waals surface area contributed by atoms with Crippen molar-refractivity contribution in [2.24, 2.45) is 4.99 Å². The second kappa shape index (κ2) is 8.46. The minimum absolute atomic E-state index is 0.147. The molecule has 21 heavy (non-hydrogen) atoms. The molecule has 0 amide bonds. The number of ether oxygens (including phenoxy) is 1. The van der Waals surface area contributed by atoms with Crippen molar-refractivity contribution in [3.63, 3.8) is 0 Å². The van der Waals surface area contributed by atoms with Crippen molar-refractivity contribution in [2.75, 3.05) is 39.8 Å². The van der Waals surface area contributed by atoms with E-state index in [4.69, 9.17) is 4.74 Å². The van der Waals surface area contributed by atoms with Gasteiger partial charge in [0.05, 0.1) is 12.3 Å². The van der Waals surface area contributed by atoms with Gasteiger partial charge >= 0.3 is 0 Å². The van der Waals surface area contributed by atoms with E-state index in [1.54, 1.807) is 25.1 Å². The lowest BCUT2D eigenvalue weighted by Crippen LogP contribution is -2.43. The van der Waals surface area contributed by atoms with Crippen molar-refractivity contribution in [3.05, 3.63) is 29.6 Å². The molecule has 0 saturated heterocycles. The number of methoxy groups -OCH3 is 1. The van der Waals surface area contributed by atoms with Crippen LogP contribution in [0.5, 0.6) is 0 Å². The third-order valence-corrected chi connectivity index (χ3v) is 2.98. The van der Waals surface area contributed by atoms with Crippen molar-refractivity contribution in [2.45, 2.75) is 19.5 Å². The number of anilines is 1. The van der Waals surface area contributed by atoms with Crippen LogP contribution in [0.25, 0.3) is 0 Å². The summed E-state index contributed by atoms with van der Waals surface area (Å²) in [5, 5.41) is 6.35. The first-order valence-electron chi connectivity index (χ1n) is 6.89. The number of aliphatic imine (C=N–C) groups is 1. The predicted octanol–water partition coefficient (Wildman–Crippen LogP) is 1.59. The zero-order valence-electron chi connectivity index (χ0n) is 13.4. The van der Waals surface area contributed by atoms with Gasteiger partial charge in [0, 0.05) is 40.8 Å². The Balaban J connectivity index is 2.59. The van der Waals surface area contributed by atoms with E-state index in [1.165, 1.54) is 6.07 Å². The third-order valence-electron chi connectivity index (χ3n) is 2.98. The highest BCUT2D eigenvalue weighted by Gasteiger charge is 2.07. The standard InChI is InChI=1S/C15H25FN4O/c1-11(10-21-5)19-15(17-2)18-9-12-6-7-14(20(3)4)13(16)8-12/h6-8,11H,9-10H2,1-5H3,(H2,17,18,19). The fourth-order valence-corrected chi connectivity index (χ4v) is 1.93. The summed E-state index contributed by atoms with van der Waals surface area (Å²) in [7, 11) is 6.99. The molecule has 0 aliphatic rings. The van der Waals surface area contributed by atoms with Crippen molar-refractivity contribution >= 4 is 11.6 Å². The van der Waals surface area contributed by atoms with Crippen LogP contribution in [0.3, 0.4) is 0 Å². The summed E-state index contributed by atoms with van der Waals surface area (Å²) in [5.74, 6) is 0.437. The maximum Gasteiger partial charge on any atom is 0.191 e. The maximum absolute atomic E-state index is 13.9. The Morgan fingerprint density at radius 2 is 2.14 bits per heavy atom. The van der Waals surface area contributed by atoms with Crippen molar-refractivity contribution in [3.8, 4) is 0 Å². The Bertz CT molecular complexity index is 477. The van der Waals surface area contributed by atoms with Gasteiger partial charge in [0.1, 0.15) is 5.82 Å². The fourth-order valence-electron chi connectivity index (χ4n) is 1.93. The van der Waals surface area contributed by atoms with Gasteiger partial charge in [-0.25, -0.2) is 4.39 Å². The summed E-state index contributed by atoms with van der Waals surface area (Å²) >= 11 is 0. The Labute approximate surface area is 126 Å². The van der Waals surface area contributed by atoms with Crippen LogP contribution in [-0.4, -0.2) is 46.9 Å². The molecular weight excluding hydrogens is 271 g/mol. The zero-order valence-corrected chi connectivity index (χ0v) is 13.4. The molecule has 1 rings (SSSR count). The minimum Gasteiger partial charge on any atom is -0.383 e. The molecule has 1 aromatic carbocycles. The van der Waals surface area contributed by atoms with Gasteiger partial charge in [0.2, 0.25) is 0 Å². The van der Waals surface area contributed by atoms with E-state index in [2.05, 4.69) is 15.6 Å². The second-order valence-electron chi connectivity index (χ2n) is 5.11. The van der Waals surface area contributed by atoms with Crippen LogP contribution in [0.4, 0.5) is 10.1 Å². The molecule has 0 heterocycles. The van der Waals surface area contributed by atoms with Gasteiger partial charge in [-0.05, 0) is 24.6 Å². The van der Waals surface area contributed by atoms with Crippen LogP contribution in [-0.2, 0) is 11.3 Å². The lowest BCUT2D eigenvalue weighted by Gasteiger charge is -2.18. The molecule has 118 valence electrons. The smallest absolute Gasteiger partial charge is 0.191 e. The first-order chi connectivity index (χ1) is 9.97. The summed E-state index contributed by atoms with van der Waals surface area (Å²) in [6.45, 7) is 3.10. The van der Waals surface area contributed by atoms with Crippen molar-refractivity contribution in [1.82, 2.24) is 10.6 Å². The van der Waals surface area contributed by atoms with Crippen LogP contribution in [0.2, 0.25) is 0 Å². The SMILES string of the molecule is CN=C(NCc1ccc(N(C)C)c(F)c1)NC(C)COC. The molecule has 5 nitrogen and oxygen atoms in total. The maximum atomic E-state index is 13.9. The molecule has 1 unspecified atom stereocenters. The number of halogens is 1. The Morgan fingerprint density at radius 1 is 1.43 bits per heavy atom. The van der Waals surface area contributed by atoms with E-state index < -0.39 is 0 Å². The molecule has 0 aromatic heterocycles. The van der Waals surface area contributed by atoms with Crippen LogP contribution in [0.15, 0.2) is 23.2 Å². The number of nitrogens with zero attached hydrogens (tertiary/aromatic N) is 2. The number of hydrogen-bond acceptors (Lipinski definition) is 3. The Morgan fingerprint density at radius 3 is 2.67 bits per heavy atom. The average molecular weight is 296 g/mol. The normalized spacial score (nSPS) is 13.0. The Hall–Kier alpha value is -1.82. The quantitative estimate of drug-likeness (QED) is 0.618. The highest BCUT2D eigenvalue weighted by molar-refractivity contribution is 5.79. The van der Waals surface area contributed by atoms with E-state index >= 15 is 0 Å². The summed E-state index contributed by atoms with van der Waals surface area (Å²) in [4.78, 5) is 5.88. The van der Waals surface area contributed by atoms with E-state index in [9.17, 15) is 4.39 Å². The van der Waals surface area contributed by atoms with Gasteiger partial charge in [-0.2, -0.15) is 0 Å². The van der Waals surface area contributed by atoms with Crippen LogP contribution in [0, 0.1) is 5.82 Å². The molecule has 1 atom stereocenters. The number of hydrogen-bond donors (Lipinski definition) is 2. The Kier molecular flexibility index (Phi) is 6.94. The van der Waals surface area contributed by atoms with E-state index in [-0.39, 0.29) is 11.9 Å². The topological polar surface area (TPSA) is 48.9 Å². The average Bonchev–Trinajstić information content (AvgIpc) is 2.43. The molecule has 0 bridgehead atoms. The predicted molar refractivity (Wildman–Crippen MR) is 85.4 cm³/mol. The first kappa shape index (κ1) is 17.2. The molecule has 1 aromatic rings. The summed E-state index contributed by atoms with van der Waals surface area (Å²) < 4.78 is 18.9. The highest BCUT2D eigenvalue weighted by Crippen LogP contribution is 2.18. The van der Waals surface area contributed by atoms with Gasteiger partial charge in [-0.15, -0.1) is 0 Å². The number of benzene rings is 1. The lowest BCUT2D eigenvalue weighted by molar-refractivity contribution is 0.179. The molecule has 0 saturated carbocycles. The van der Waals surface area contributed by atoms with Gasteiger partial charge in [0.15, 0.2) is 5.96 Å². The van der Waals surface area contributed by atoms with Gasteiger partial charge in [-0.1, -0.05) is 6.07 Å². The number of nitrogens with one attached hydrogen (secondary N) is 2. The van der Waals surface area contributed by atoms with Crippen molar-refractivity contribution in [1.29, 1.82) is 0 Å². The minimum atomic E-state index is -0.227. The first-order valence-corrected chi connectivity index (χ1v) is 6.89.